The van der Waals surface area contributed by atoms with Crippen LogP contribution in [0.1, 0.15) is 56.7 Å². The van der Waals surface area contributed by atoms with Crippen molar-refractivity contribution in [3.8, 4) is 0 Å². The van der Waals surface area contributed by atoms with Gasteiger partial charge in [-0.05, 0) is 49.3 Å². The molecular formula is C17H27N. The molecule has 1 nitrogen and oxygen atoms in total. The van der Waals surface area contributed by atoms with E-state index in [2.05, 4.69) is 50.4 Å². The van der Waals surface area contributed by atoms with Crippen LogP contribution < -0.4 is 5.32 Å². The molecule has 18 heavy (non-hydrogen) atoms. The van der Waals surface area contributed by atoms with Crippen molar-refractivity contribution in [3.05, 3.63) is 35.4 Å². The lowest BCUT2D eigenvalue weighted by atomic mass is 9.88. The van der Waals surface area contributed by atoms with E-state index in [1.54, 1.807) is 0 Å². The summed E-state index contributed by atoms with van der Waals surface area (Å²) >= 11 is 0. The summed E-state index contributed by atoms with van der Waals surface area (Å²) in [7, 11) is 0. The van der Waals surface area contributed by atoms with Gasteiger partial charge in [-0.3, -0.25) is 0 Å². The van der Waals surface area contributed by atoms with Crippen molar-refractivity contribution >= 4 is 0 Å². The van der Waals surface area contributed by atoms with Crippen LogP contribution >= 0.6 is 0 Å². The van der Waals surface area contributed by atoms with Crippen LogP contribution in [-0.2, 0) is 0 Å². The van der Waals surface area contributed by atoms with Crippen LogP contribution in [0.5, 0.6) is 0 Å². The second-order valence-electron chi connectivity index (χ2n) is 5.74. The average molecular weight is 245 g/mol. The van der Waals surface area contributed by atoms with Gasteiger partial charge in [0.15, 0.2) is 0 Å². The Morgan fingerprint density at radius 1 is 1.22 bits per heavy atom. The summed E-state index contributed by atoms with van der Waals surface area (Å²) in [4.78, 5) is 0. The summed E-state index contributed by atoms with van der Waals surface area (Å²) in [5.74, 6) is 1.79. The topological polar surface area (TPSA) is 12.0 Å². The van der Waals surface area contributed by atoms with Gasteiger partial charge in [-0.15, -0.1) is 0 Å². The standard InChI is InChI=1S/C17H27N/c1-4-14-10-11-15(12-14)17(18-5-2)16-9-7-6-8-13(16)3/h6-9,14-15,17-18H,4-5,10-12H2,1-3H3. The number of benzene rings is 1. The number of hydrogen-bond acceptors (Lipinski definition) is 1. The van der Waals surface area contributed by atoms with Crippen LogP contribution in [0.3, 0.4) is 0 Å². The molecule has 100 valence electrons. The van der Waals surface area contributed by atoms with Gasteiger partial charge in [-0.1, -0.05) is 51.0 Å². The van der Waals surface area contributed by atoms with Gasteiger partial charge in [0.1, 0.15) is 0 Å². The minimum atomic E-state index is 0.563. The zero-order valence-electron chi connectivity index (χ0n) is 12.1. The third-order valence-electron chi connectivity index (χ3n) is 4.58. The molecule has 0 saturated heterocycles. The molecule has 1 saturated carbocycles. The molecule has 1 fully saturated rings. The summed E-state index contributed by atoms with van der Waals surface area (Å²) in [6.07, 6.45) is 5.57. The van der Waals surface area contributed by atoms with Gasteiger partial charge in [0.25, 0.3) is 0 Å². The van der Waals surface area contributed by atoms with Crippen molar-refractivity contribution in [1.82, 2.24) is 5.32 Å². The van der Waals surface area contributed by atoms with Crippen LogP contribution in [0.25, 0.3) is 0 Å². The molecule has 3 atom stereocenters. The maximum absolute atomic E-state index is 3.73. The summed E-state index contributed by atoms with van der Waals surface area (Å²) in [6, 6.07) is 9.44. The third-order valence-corrected chi connectivity index (χ3v) is 4.58. The van der Waals surface area contributed by atoms with E-state index in [1.807, 2.05) is 0 Å². The molecule has 1 aliphatic rings. The summed E-state index contributed by atoms with van der Waals surface area (Å²) in [5, 5.41) is 3.73. The Kier molecular flexibility index (Phi) is 4.82. The minimum Gasteiger partial charge on any atom is -0.310 e. The number of rotatable bonds is 5. The number of aryl methyl sites for hydroxylation is 1. The lowest BCUT2D eigenvalue weighted by molar-refractivity contribution is 0.358. The van der Waals surface area contributed by atoms with Crippen LogP contribution in [-0.4, -0.2) is 6.54 Å². The smallest absolute Gasteiger partial charge is 0.0351 e. The van der Waals surface area contributed by atoms with Gasteiger partial charge in [0, 0.05) is 6.04 Å². The fourth-order valence-corrected chi connectivity index (χ4v) is 3.47. The van der Waals surface area contributed by atoms with E-state index in [0.717, 1.165) is 18.4 Å². The second kappa shape index (κ2) is 6.38. The van der Waals surface area contributed by atoms with Crippen molar-refractivity contribution in [1.29, 1.82) is 0 Å². The zero-order valence-corrected chi connectivity index (χ0v) is 12.1. The molecule has 1 aromatic rings. The molecule has 1 N–H and O–H groups in total. The first-order valence-corrected chi connectivity index (χ1v) is 7.55. The highest BCUT2D eigenvalue weighted by molar-refractivity contribution is 5.29. The molecule has 0 bridgehead atoms. The molecule has 1 aliphatic carbocycles. The monoisotopic (exact) mass is 245 g/mol. The molecular weight excluding hydrogens is 218 g/mol. The quantitative estimate of drug-likeness (QED) is 0.807. The van der Waals surface area contributed by atoms with E-state index in [1.165, 1.54) is 36.8 Å². The second-order valence-corrected chi connectivity index (χ2v) is 5.74. The van der Waals surface area contributed by atoms with Crippen LogP contribution in [0.15, 0.2) is 24.3 Å². The largest absolute Gasteiger partial charge is 0.310 e. The SMILES string of the molecule is CCNC(c1ccccc1C)C1CCC(CC)C1. The first kappa shape index (κ1) is 13.6. The van der Waals surface area contributed by atoms with Crippen LogP contribution in [0.4, 0.5) is 0 Å². The summed E-state index contributed by atoms with van der Waals surface area (Å²) < 4.78 is 0. The fourth-order valence-electron chi connectivity index (χ4n) is 3.47. The predicted octanol–water partition coefficient (Wildman–Crippen LogP) is 4.47. The normalized spacial score (nSPS) is 25.3. The Bertz CT molecular complexity index is 372. The van der Waals surface area contributed by atoms with Crippen molar-refractivity contribution < 1.29 is 0 Å². The van der Waals surface area contributed by atoms with Gasteiger partial charge in [-0.25, -0.2) is 0 Å². The highest BCUT2D eigenvalue weighted by Crippen LogP contribution is 2.40. The van der Waals surface area contributed by atoms with Gasteiger partial charge in [0.2, 0.25) is 0 Å². The Balaban J connectivity index is 2.16. The molecule has 0 spiro atoms. The van der Waals surface area contributed by atoms with E-state index in [-0.39, 0.29) is 0 Å². The number of nitrogens with one attached hydrogen (secondary N) is 1. The fraction of sp³-hybridized carbons (Fsp3) is 0.647. The molecule has 0 heterocycles. The zero-order chi connectivity index (χ0) is 13.0. The Morgan fingerprint density at radius 2 is 2.00 bits per heavy atom. The van der Waals surface area contributed by atoms with E-state index in [0.29, 0.717) is 6.04 Å². The van der Waals surface area contributed by atoms with Crippen LogP contribution in [0, 0.1) is 18.8 Å². The first-order chi connectivity index (χ1) is 8.76. The molecule has 1 aromatic carbocycles. The molecule has 0 aliphatic heterocycles. The highest BCUT2D eigenvalue weighted by Gasteiger charge is 2.30. The van der Waals surface area contributed by atoms with Gasteiger partial charge in [0.05, 0.1) is 0 Å². The molecule has 0 radical (unpaired) electrons. The third kappa shape index (κ3) is 2.95. The molecule has 2 rings (SSSR count). The van der Waals surface area contributed by atoms with E-state index in [9.17, 15) is 0 Å². The predicted molar refractivity (Wildman–Crippen MR) is 78.7 cm³/mol. The van der Waals surface area contributed by atoms with Gasteiger partial charge >= 0.3 is 0 Å². The molecule has 0 aromatic heterocycles. The Morgan fingerprint density at radius 3 is 2.61 bits per heavy atom. The minimum absolute atomic E-state index is 0.563. The maximum atomic E-state index is 3.73. The van der Waals surface area contributed by atoms with Crippen molar-refractivity contribution in [2.45, 2.75) is 52.5 Å². The van der Waals surface area contributed by atoms with Crippen molar-refractivity contribution in [2.24, 2.45) is 11.8 Å². The van der Waals surface area contributed by atoms with E-state index >= 15 is 0 Å². The lowest BCUT2D eigenvalue weighted by Crippen LogP contribution is -2.27. The highest BCUT2D eigenvalue weighted by atomic mass is 14.9. The lowest BCUT2D eigenvalue weighted by Gasteiger charge is -2.26. The van der Waals surface area contributed by atoms with Gasteiger partial charge < -0.3 is 5.32 Å². The Hall–Kier alpha value is -0.820. The average Bonchev–Trinajstić information content (AvgIpc) is 2.85. The van der Waals surface area contributed by atoms with Crippen molar-refractivity contribution in [3.63, 3.8) is 0 Å². The molecule has 3 unspecified atom stereocenters. The van der Waals surface area contributed by atoms with E-state index in [4.69, 9.17) is 0 Å². The maximum Gasteiger partial charge on any atom is 0.0351 e. The molecule has 0 amide bonds. The van der Waals surface area contributed by atoms with Gasteiger partial charge in [-0.2, -0.15) is 0 Å². The van der Waals surface area contributed by atoms with Crippen LogP contribution in [0.2, 0.25) is 0 Å². The van der Waals surface area contributed by atoms with Crippen molar-refractivity contribution in [2.75, 3.05) is 6.54 Å². The number of hydrogen-bond donors (Lipinski definition) is 1. The molecule has 1 heteroatoms. The summed E-state index contributed by atoms with van der Waals surface area (Å²) in [6.45, 7) is 7.86. The van der Waals surface area contributed by atoms with E-state index < -0.39 is 0 Å². The summed E-state index contributed by atoms with van der Waals surface area (Å²) in [5.41, 5.74) is 2.95. The Labute approximate surface area is 112 Å². The first-order valence-electron chi connectivity index (χ1n) is 7.55.